The zero-order valence-corrected chi connectivity index (χ0v) is 15.4. The first-order valence-corrected chi connectivity index (χ1v) is 9.15. The normalized spacial score (nSPS) is 10.3. The highest BCUT2D eigenvalue weighted by molar-refractivity contribution is 5.77. The van der Waals surface area contributed by atoms with Gasteiger partial charge < -0.3 is 10.1 Å². The first-order valence-electron chi connectivity index (χ1n) is 9.15. The van der Waals surface area contributed by atoms with Crippen molar-refractivity contribution >= 4 is 11.9 Å². The summed E-state index contributed by atoms with van der Waals surface area (Å²) in [6.45, 7) is 2.97. The molecule has 0 aliphatic heterocycles. The second kappa shape index (κ2) is 11.1. The summed E-state index contributed by atoms with van der Waals surface area (Å²) in [5, 5.41) is 2.87. The number of amides is 1. The molecule has 0 unspecified atom stereocenters. The number of aryl methyl sites for hydroxylation is 2. The monoisotopic (exact) mass is 353 g/mol. The second-order valence-corrected chi connectivity index (χ2v) is 6.43. The van der Waals surface area contributed by atoms with Crippen molar-refractivity contribution in [3.63, 3.8) is 0 Å². The molecule has 0 radical (unpaired) electrons. The summed E-state index contributed by atoms with van der Waals surface area (Å²) in [6, 6.07) is 18.2. The molecule has 26 heavy (non-hydrogen) atoms. The number of benzene rings is 2. The van der Waals surface area contributed by atoms with Crippen molar-refractivity contribution in [2.45, 2.75) is 45.6 Å². The molecule has 4 heteroatoms. The Morgan fingerprint density at radius 1 is 0.885 bits per heavy atom. The molecule has 4 nitrogen and oxygen atoms in total. The van der Waals surface area contributed by atoms with Crippen LogP contribution >= 0.6 is 0 Å². The fourth-order valence-electron chi connectivity index (χ4n) is 2.57. The van der Waals surface area contributed by atoms with E-state index in [0.717, 1.165) is 18.4 Å². The number of ether oxygens (including phenoxy) is 1. The molecule has 0 fully saturated rings. The van der Waals surface area contributed by atoms with Gasteiger partial charge in [-0.2, -0.15) is 0 Å². The van der Waals surface area contributed by atoms with Crippen LogP contribution in [0.25, 0.3) is 0 Å². The van der Waals surface area contributed by atoms with Crippen molar-refractivity contribution < 1.29 is 14.3 Å². The molecule has 0 aromatic heterocycles. The highest BCUT2D eigenvalue weighted by Crippen LogP contribution is 2.05. The summed E-state index contributed by atoms with van der Waals surface area (Å²) in [7, 11) is 0. The molecular formula is C22H27NO3. The highest BCUT2D eigenvalue weighted by atomic mass is 16.5. The topological polar surface area (TPSA) is 55.4 Å². The number of hydrogen-bond donors (Lipinski definition) is 1. The van der Waals surface area contributed by atoms with Crippen LogP contribution in [0.4, 0.5) is 0 Å². The molecule has 2 aromatic carbocycles. The standard InChI is InChI=1S/C22H27NO3/c1-18-12-14-20(15-13-18)17-23-21(24)10-5-11-22(25)26-16-6-9-19-7-3-2-4-8-19/h2-4,7-8,12-15H,5-6,9-11,16-17H2,1H3,(H,23,24). The minimum atomic E-state index is -0.232. The fraction of sp³-hybridized carbons (Fsp3) is 0.364. The average Bonchev–Trinajstić information content (AvgIpc) is 2.66. The van der Waals surface area contributed by atoms with Gasteiger partial charge in [-0.15, -0.1) is 0 Å². The zero-order chi connectivity index (χ0) is 18.6. The molecule has 0 spiro atoms. The predicted octanol–water partition coefficient (Wildman–Crippen LogP) is 3.96. The van der Waals surface area contributed by atoms with Crippen molar-refractivity contribution in [3.05, 3.63) is 71.3 Å². The summed E-state index contributed by atoms with van der Waals surface area (Å²) < 4.78 is 5.22. The van der Waals surface area contributed by atoms with Gasteiger partial charge in [0.05, 0.1) is 6.61 Å². The van der Waals surface area contributed by atoms with E-state index in [1.165, 1.54) is 11.1 Å². The lowest BCUT2D eigenvalue weighted by Gasteiger charge is -2.07. The Morgan fingerprint density at radius 3 is 2.35 bits per heavy atom. The minimum Gasteiger partial charge on any atom is -0.466 e. The summed E-state index contributed by atoms with van der Waals surface area (Å²) in [6.07, 6.45) is 2.84. The lowest BCUT2D eigenvalue weighted by Crippen LogP contribution is -2.22. The van der Waals surface area contributed by atoms with Crippen LogP contribution in [-0.4, -0.2) is 18.5 Å². The van der Waals surface area contributed by atoms with Gasteiger partial charge in [0, 0.05) is 19.4 Å². The molecule has 0 bridgehead atoms. The van der Waals surface area contributed by atoms with E-state index in [9.17, 15) is 9.59 Å². The van der Waals surface area contributed by atoms with Crippen molar-refractivity contribution in [2.24, 2.45) is 0 Å². The minimum absolute atomic E-state index is 0.0394. The molecule has 0 atom stereocenters. The van der Waals surface area contributed by atoms with E-state index in [-0.39, 0.29) is 18.3 Å². The van der Waals surface area contributed by atoms with Crippen LogP contribution in [0.2, 0.25) is 0 Å². The first-order chi connectivity index (χ1) is 12.6. The maximum Gasteiger partial charge on any atom is 0.305 e. The van der Waals surface area contributed by atoms with Gasteiger partial charge in [-0.05, 0) is 37.3 Å². The summed E-state index contributed by atoms with van der Waals surface area (Å²) >= 11 is 0. The Bertz CT molecular complexity index is 680. The number of nitrogens with one attached hydrogen (secondary N) is 1. The third-order valence-corrected chi connectivity index (χ3v) is 4.11. The van der Waals surface area contributed by atoms with Gasteiger partial charge in [0.1, 0.15) is 0 Å². The van der Waals surface area contributed by atoms with E-state index >= 15 is 0 Å². The lowest BCUT2D eigenvalue weighted by molar-refractivity contribution is -0.143. The molecule has 1 N–H and O–H groups in total. The van der Waals surface area contributed by atoms with E-state index in [0.29, 0.717) is 26.0 Å². The molecule has 2 aromatic rings. The molecular weight excluding hydrogens is 326 g/mol. The van der Waals surface area contributed by atoms with E-state index in [2.05, 4.69) is 17.4 Å². The predicted molar refractivity (Wildman–Crippen MR) is 103 cm³/mol. The highest BCUT2D eigenvalue weighted by Gasteiger charge is 2.06. The molecule has 1 amide bonds. The van der Waals surface area contributed by atoms with Crippen LogP contribution in [0.5, 0.6) is 0 Å². The van der Waals surface area contributed by atoms with Crippen LogP contribution in [-0.2, 0) is 27.3 Å². The van der Waals surface area contributed by atoms with Crippen LogP contribution in [0.3, 0.4) is 0 Å². The van der Waals surface area contributed by atoms with Crippen molar-refractivity contribution in [2.75, 3.05) is 6.61 Å². The van der Waals surface area contributed by atoms with Gasteiger partial charge in [-0.1, -0.05) is 60.2 Å². The van der Waals surface area contributed by atoms with E-state index in [1.807, 2.05) is 49.4 Å². The maximum atomic E-state index is 11.8. The Balaban J connectivity index is 1.50. The Kier molecular flexibility index (Phi) is 8.40. The summed E-state index contributed by atoms with van der Waals surface area (Å²) in [5.74, 6) is -0.271. The second-order valence-electron chi connectivity index (χ2n) is 6.43. The molecule has 0 saturated carbocycles. The molecule has 0 aliphatic carbocycles. The van der Waals surface area contributed by atoms with Gasteiger partial charge in [-0.3, -0.25) is 9.59 Å². The average molecular weight is 353 g/mol. The zero-order valence-electron chi connectivity index (χ0n) is 15.4. The Morgan fingerprint density at radius 2 is 1.62 bits per heavy atom. The van der Waals surface area contributed by atoms with Gasteiger partial charge in [0.15, 0.2) is 0 Å². The van der Waals surface area contributed by atoms with Crippen LogP contribution in [0.1, 0.15) is 42.4 Å². The van der Waals surface area contributed by atoms with E-state index in [1.54, 1.807) is 0 Å². The molecule has 138 valence electrons. The molecule has 2 rings (SSSR count). The number of carbonyl (C=O) groups excluding carboxylic acids is 2. The van der Waals surface area contributed by atoms with Crippen molar-refractivity contribution in [1.29, 1.82) is 0 Å². The summed E-state index contributed by atoms with van der Waals surface area (Å²) in [5.41, 5.74) is 3.51. The fourth-order valence-corrected chi connectivity index (χ4v) is 2.57. The van der Waals surface area contributed by atoms with E-state index in [4.69, 9.17) is 4.74 Å². The van der Waals surface area contributed by atoms with Crippen LogP contribution in [0.15, 0.2) is 54.6 Å². The third kappa shape index (κ3) is 7.97. The van der Waals surface area contributed by atoms with Gasteiger partial charge >= 0.3 is 5.97 Å². The smallest absolute Gasteiger partial charge is 0.305 e. The number of carbonyl (C=O) groups is 2. The quantitative estimate of drug-likeness (QED) is 0.520. The maximum absolute atomic E-state index is 11.8. The number of hydrogen-bond acceptors (Lipinski definition) is 3. The third-order valence-electron chi connectivity index (χ3n) is 4.11. The van der Waals surface area contributed by atoms with Gasteiger partial charge in [0.25, 0.3) is 0 Å². The SMILES string of the molecule is Cc1ccc(CNC(=O)CCCC(=O)OCCCc2ccccc2)cc1. The van der Waals surface area contributed by atoms with Crippen molar-refractivity contribution in [3.8, 4) is 0 Å². The first kappa shape index (κ1) is 19.7. The summed E-state index contributed by atoms with van der Waals surface area (Å²) in [4.78, 5) is 23.5. The van der Waals surface area contributed by atoms with E-state index < -0.39 is 0 Å². The Labute approximate surface area is 155 Å². The van der Waals surface area contributed by atoms with Gasteiger partial charge in [-0.25, -0.2) is 0 Å². The molecule has 0 aliphatic rings. The molecule has 0 saturated heterocycles. The lowest BCUT2D eigenvalue weighted by atomic mass is 10.1. The molecule has 0 heterocycles. The van der Waals surface area contributed by atoms with Crippen LogP contribution < -0.4 is 5.32 Å². The van der Waals surface area contributed by atoms with Crippen LogP contribution in [0, 0.1) is 6.92 Å². The number of rotatable bonds is 10. The van der Waals surface area contributed by atoms with Gasteiger partial charge in [0.2, 0.25) is 5.91 Å². The number of esters is 1. The largest absolute Gasteiger partial charge is 0.466 e. The van der Waals surface area contributed by atoms with Crippen molar-refractivity contribution in [1.82, 2.24) is 5.32 Å². The Hall–Kier alpha value is -2.62.